The number of hydrogen-bond donors (Lipinski definition) is 1. The van der Waals surface area contributed by atoms with Gasteiger partial charge >= 0.3 is 11.9 Å². The Morgan fingerprint density at radius 2 is 1.72 bits per heavy atom. The number of nitrogens with one attached hydrogen (secondary N) is 1. The Balaban J connectivity index is 2.58. The summed E-state index contributed by atoms with van der Waals surface area (Å²) in [6, 6.07) is 3.93. The molecule has 0 spiro atoms. The Morgan fingerprint density at radius 1 is 1.17 bits per heavy atom. The number of H-pyrrole nitrogens is 1. The van der Waals surface area contributed by atoms with Crippen LogP contribution in [0.4, 0.5) is 13.2 Å². The van der Waals surface area contributed by atoms with Crippen molar-refractivity contribution in [1.82, 2.24) is 14.8 Å². The number of hydrogen-bond acceptors (Lipinski definition) is 2. The minimum atomic E-state index is -4.73. The fourth-order valence-corrected chi connectivity index (χ4v) is 1.80. The van der Waals surface area contributed by atoms with Gasteiger partial charge in [0.25, 0.3) is 0 Å². The second kappa shape index (κ2) is 4.33. The highest BCUT2D eigenvalue weighted by Crippen LogP contribution is 2.26. The molecule has 4 nitrogen and oxygen atoms in total. The zero-order valence-corrected chi connectivity index (χ0v) is 9.94. The van der Waals surface area contributed by atoms with Crippen LogP contribution in [-0.2, 0) is 6.18 Å². The summed E-state index contributed by atoms with van der Waals surface area (Å²) in [5.41, 5.74) is -0.982. The Kier molecular flexibility index (Phi) is 3.12. The molecule has 0 fully saturated rings. The van der Waals surface area contributed by atoms with E-state index in [9.17, 15) is 18.0 Å². The molecule has 9 heteroatoms. The molecule has 0 saturated heterocycles. The summed E-state index contributed by atoms with van der Waals surface area (Å²) < 4.78 is 37.6. The molecule has 1 heterocycles. The minimum absolute atomic E-state index is 0.0456. The molecule has 0 aliphatic carbocycles. The summed E-state index contributed by atoms with van der Waals surface area (Å²) in [7, 11) is 0. The van der Waals surface area contributed by atoms with Gasteiger partial charge in [-0.25, -0.2) is 4.79 Å². The van der Waals surface area contributed by atoms with Gasteiger partial charge in [-0.2, -0.15) is 17.9 Å². The summed E-state index contributed by atoms with van der Waals surface area (Å²) in [5.74, 6) is -1.39. The van der Waals surface area contributed by atoms with Crippen LogP contribution in [0.2, 0.25) is 10.0 Å². The second-order valence-electron chi connectivity index (χ2n) is 3.32. The van der Waals surface area contributed by atoms with Crippen molar-refractivity contribution in [1.29, 1.82) is 0 Å². The van der Waals surface area contributed by atoms with Gasteiger partial charge in [0.2, 0.25) is 5.82 Å². The number of aromatic nitrogens is 3. The average molecular weight is 298 g/mol. The number of aromatic amines is 1. The van der Waals surface area contributed by atoms with Crippen LogP contribution in [0.5, 0.6) is 0 Å². The summed E-state index contributed by atoms with van der Waals surface area (Å²) in [5, 5.41) is 3.50. The Bertz CT molecular complexity index is 627. The van der Waals surface area contributed by atoms with Gasteiger partial charge in [-0.1, -0.05) is 23.2 Å². The fraction of sp³-hybridized carbons (Fsp3) is 0.111. The van der Waals surface area contributed by atoms with E-state index in [2.05, 4.69) is 5.10 Å². The Morgan fingerprint density at radius 3 is 2.17 bits per heavy atom. The van der Waals surface area contributed by atoms with E-state index < -0.39 is 17.7 Å². The molecule has 0 unspecified atom stereocenters. The van der Waals surface area contributed by atoms with Crippen molar-refractivity contribution in [3.8, 4) is 5.69 Å². The van der Waals surface area contributed by atoms with Crippen LogP contribution in [0, 0.1) is 0 Å². The SMILES string of the molecule is O=c1[nH]c(C(F)(F)F)nn1-c1cc(Cl)cc(Cl)c1. The van der Waals surface area contributed by atoms with E-state index in [-0.39, 0.29) is 15.7 Å². The van der Waals surface area contributed by atoms with Crippen LogP contribution in [-0.4, -0.2) is 14.8 Å². The van der Waals surface area contributed by atoms with Gasteiger partial charge in [0.05, 0.1) is 5.69 Å². The molecule has 0 aliphatic heterocycles. The third kappa shape index (κ3) is 2.51. The van der Waals surface area contributed by atoms with E-state index >= 15 is 0 Å². The van der Waals surface area contributed by atoms with Crippen LogP contribution >= 0.6 is 23.2 Å². The molecule has 2 aromatic rings. The highest BCUT2D eigenvalue weighted by Gasteiger charge is 2.36. The number of benzene rings is 1. The minimum Gasteiger partial charge on any atom is -0.285 e. The van der Waals surface area contributed by atoms with Crippen molar-refractivity contribution in [2.45, 2.75) is 6.18 Å². The van der Waals surface area contributed by atoms with E-state index in [0.717, 1.165) is 0 Å². The molecular weight excluding hydrogens is 294 g/mol. The topological polar surface area (TPSA) is 50.7 Å². The van der Waals surface area contributed by atoms with Gasteiger partial charge < -0.3 is 0 Å². The van der Waals surface area contributed by atoms with Crippen LogP contribution in [0.3, 0.4) is 0 Å². The van der Waals surface area contributed by atoms with E-state index in [1.54, 1.807) is 4.98 Å². The molecule has 1 N–H and O–H groups in total. The molecule has 2 rings (SSSR count). The lowest BCUT2D eigenvalue weighted by atomic mass is 10.3. The zero-order chi connectivity index (χ0) is 13.5. The Labute approximate surface area is 108 Å². The van der Waals surface area contributed by atoms with Crippen LogP contribution < -0.4 is 5.69 Å². The van der Waals surface area contributed by atoms with Gasteiger partial charge in [0.1, 0.15) is 0 Å². The van der Waals surface area contributed by atoms with Crippen LogP contribution in [0.25, 0.3) is 5.69 Å². The standard InChI is InChI=1S/C9H4Cl2F3N3O/c10-4-1-5(11)3-6(2-4)17-8(18)15-7(16-17)9(12,13)14/h1-3H,(H,15,16,18). The van der Waals surface area contributed by atoms with Crippen molar-refractivity contribution in [2.24, 2.45) is 0 Å². The smallest absolute Gasteiger partial charge is 0.285 e. The fourth-order valence-electron chi connectivity index (χ4n) is 1.29. The highest BCUT2D eigenvalue weighted by molar-refractivity contribution is 6.34. The van der Waals surface area contributed by atoms with Crippen LogP contribution in [0.15, 0.2) is 23.0 Å². The second-order valence-corrected chi connectivity index (χ2v) is 4.19. The largest absolute Gasteiger partial charge is 0.451 e. The predicted octanol–water partition coefficient (Wildman–Crippen LogP) is 2.89. The van der Waals surface area contributed by atoms with Crippen molar-refractivity contribution < 1.29 is 13.2 Å². The molecule has 1 aromatic carbocycles. The summed E-state index contributed by atoms with van der Waals surface area (Å²) >= 11 is 11.4. The third-order valence-electron chi connectivity index (χ3n) is 1.98. The molecule has 0 aliphatic rings. The molecule has 96 valence electrons. The monoisotopic (exact) mass is 297 g/mol. The van der Waals surface area contributed by atoms with Gasteiger partial charge in [-0.3, -0.25) is 4.98 Å². The van der Waals surface area contributed by atoms with E-state index in [4.69, 9.17) is 23.2 Å². The van der Waals surface area contributed by atoms with Crippen LogP contribution in [0.1, 0.15) is 5.82 Å². The van der Waals surface area contributed by atoms with E-state index in [1.165, 1.54) is 18.2 Å². The van der Waals surface area contributed by atoms with Gasteiger partial charge in [0, 0.05) is 10.0 Å². The molecular formula is C9H4Cl2F3N3O. The highest BCUT2D eigenvalue weighted by atomic mass is 35.5. The lowest BCUT2D eigenvalue weighted by molar-refractivity contribution is -0.144. The number of alkyl halides is 3. The summed E-state index contributed by atoms with van der Waals surface area (Å²) in [6.07, 6.45) is -4.73. The molecule has 0 atom stereocenters. The lowest BCUT2D eigenvalue weighted by Gasteiger charge is -2.02. The first kappa shape index (κ1) is 13.0. The zero-order valence-electron chi connectivity index (χ0n) is 8.42. The maximum atomic E-state index is 12.4. The lowest BCUT2D eigenvalue weighted by Crippen LogP contribution is -2.15. The first-order valence-corrected chi connectivity index (χ1v) is 5.26. The maximum absolute atomic E-state index is 12.4. The molecule has 0 amide bonds. The quantitative estimate of drug-likeness (QED) is 0.880. The predicted molar refractivity (Wildman–Crippen MR) is 59.2 cm³/mol. The average Bonchev–Trinajstić information content (AvgIpc) is 2.58. The van der Waals surface area contributed by atoms with Crippen molar-refractivity contribution in [3.05, 3.63) is 44.6 Å². The maximum Gasteiger partial charge on any atom is 0.451 e. The molecule has 0 radical (unpaired) electrons. The molecule has 1 aromatic heterocycles. The van der Waals surface area contributed by atoms with E-state index in [1.807, 2.05) is 0 Å². The van der Waals surface area contributed by atoms with E-state index in [0.29, 0.717) is 4.68 Å². The van der Waals surface area contributed by atoms with Crippen molar-refractivity contribution in [3.63, 3.8) is 0 Å². The first-order valence-electron chi connectivity index (χ1n) is 4.50. The van der Waals surface area contributed by atoms with Gasteiger partial charge in [-0.15, -0.1) is 5.10 Å². The van der Waals surface area contributed by atoms with Gasteiger partial charge in [0.15, 0.2) is 0 Å². The van der Waals surface area contributed by atoms with Crippen molar-refractivity contribution in [2.75, 3.05) is 0 Å². The Hall–Kier alpha value is -1.47. The number of nitrogens with zero attached hydrogens (tertiary/aromatic N) is 2. The summed E-state index contributed by atoms with van der Waals surface area (Å²) in [6.45, 7) is 0. The molecule has 0 bridgehead atoms. The number of rotatable bonds is 1. The summed E-state index contributed by atoms with van der Waals surface area (Å²) in [4.78, 5) is 13.0. The molecule has 18 heavy (non-hydrogen) atoms. The van der Waals surface area contributed by atoms with Crippen molar-refractivity contribution >= 4 is 23.2 Å². The van der Waals surface area contributed by atoms with Gasteiger partial charge in [-0.05, 0) is 18.2 Å². The third-order valence-corrected chi connectivity index (χ3v) is 2.41. The normalized spacial score (nSPS) is 11.8. The first-order chi connectivity index (χ1) is 8.27. The number of halogens is 5. The molecule has 0 saturated carbocycles.